The van der Waals surface area contributed by atoms with Crippen LogP contribution in [0.25, 0.3) is 0 Å². The highest BCUT2D eigenvalue weighted by molar-refractivity contribution is 7.92. The summed E-state index contributed by atoms with van der Waals surface area (Å²) < 4.78 is 31.6. The Bertz CT molecular complexity index is 1100. The fraction of sp³-hybridized carbons (Fsp3) is 0.481. The van der Waals surface area contributed by atoms with Gasteiger partial charge in [-0.1, -0.05) is 56.5 Å². The highest BCUT2D eigenvalue weighted by Crippen LogP contribution is 2.23. The van der Waals surface area contributed by atoms with Crippen LogP contribution in [-0.2, 0) is 26.2 Å². The number of carbonyl (C=O) groups is 2. The highest BCUT2D eigenvalue weighted by atomic mass is 32.2. The van der Waals surface area contributed by atoms with Gasteiger partial charge in [-0.15, -0.1) is 0 Å². The van der Waals surface area contributed by atoms with Gasteiger partial charge in [-0.2, -0.15) is 0 Å². The van der Waals surface area contributed by atoms with E-state index in [2.05, 4.69) is 5.32 Å². The van der Waals surface area contributed by atoms with E-state index in [1.165, 1.54) is 18.4 Å². The van der Waals surface area contributed by atoms with Crippen LogP contribution in [0.3, 0.4) is 0 Å². The van der Waals surface area contributed by atoms with Crippen molar-refractivity contribution >= 4 is 27.5 Å². The lowest BCUT2D eigenvalue weighted by molar-refractivity contribution is -0.140. The largest absolute Gasteiger partial charge is 0.497 e. The predicted octanol–water partition coefficient (Wildman–Crippen LogP) is 3.72. The fourth-order valence-electron chi connectivity index (χ4n) is 4.61. The van der Waals surface area contributed by atoms with Crippen LogP contribution >= 0.6 is 0 Å². The van der Waals surface area contributed by atoms with Crippen LogP contribution in [0, 0.1) is 0 Å². The Morgan fingerprint density at radius 3 is 2.22 bits per heavy atom. The molecule has 0 radical (unpaired) electrons. The van der Waals surface area contributed by atoms with Gasteiger partial charge in [-0.3, -0.25) is 13.9 Å². The van der Waals surface area contributed by atoms with Crippen LogP contribution < -0.4 is 14.4 Å². The molecule has 0 heterocycles. The van der Waals surface area contributed by atoms with Crippen molar-refractivity contribution in [1.29, 1.82) is 0 Å². The molecule has 0 unspecified atom stereocenters. The third-order valence-electron chi connectivity index (χ3n) is 6.57. The smallest absolute Gasteiger partial charge is 0.244 e. The van der Waals surface area contributed by atoms with Gasteiger partial charge < -0.3 is 15.0 Å². The van der Waals surface area contributed by atoms with Gasteiger partial charge in [-0.25, -0.2) is 8.42 Å². The third-order valence-corrected chi connectivity index (χ3v) is 7.71. The average molecular weight is 516 g/mol. The second-order valence-corrected chi connectivity index (χ2v) is 11.1. The number of rotatable bonds is 11. The Kier molecular flexibility index (Phi) is 9.75. The standard InChI is InChI=1S/C27H37N3O5S/c1-4-25(27(32)28-22-13-9-6-10-14-22)29(19-21-11-7-5-8-12-21)26(31)20-30(36(3,33)34)23-15-17-24(35-2)18-16-23/h5,7-8,11-12,15-18,22,25H,4,6,9-10,13-14,19-20H2,1-3H3,(H,28,32)/t25-/m0/s1. The minimum absolute atomic E-state index is 0.112. The van der Waals surface area contributed by atoms with E-state index in [4.69, 9.17) is 4.74 Å². The number of amides is 2. The van der Waals surface area contributed by atoms with Gasteiger partial charge in [0.15, 0.2) is 0 Å². The summed E-state index contributed by atoms with van der Waals surface area (Å²) in [5, 5.41) is 3.14. The molecule has 2 aromatic carbocycles. The van der Waals surface area contributed by atoms with E-state index in [1.54, 1.807) is 24.3 Å². The summed E-state index contributed by atoms with van der Waals surface area (Å²) in [4.78, 5) is 28.6. The van der Waals surface area contributed by atoms with Crippen molar-refractivity contribution in [2.45, 2.75) is 64.1 Å². The molecular weight excluding hydrogens is 478 g/mol. The Morgan fingerprint density at radius 2 is 1.67 bits per heavy atom. The first-order valence-corrected chi connectivity index (χ1v) is 14.3. The number of anilines is 1. The van der Waals surface area contributed by atoms with Gasteiger partial charge in [0.2, 0.25) is 21.8 Å². The molecule has 1 aliphatic carbocycles. The zero-order valence-electron chi connectivity index (χ0n) is 21.4. The fourth-order valence-corrected chi connectivity index (χ4v) is 5.46. The summed E-state index contributed by atoms with van der Waals surface area (Å²) in [6, 6.07) is 15.3. The summed E-state index contributed by atoms with van der Waals surface area (Å²) in [5.41, 5.74) is 1.22. The lowest BCUT2D eigenvalue weighted by atomic mass is 9.95. The van der Waals surface area contributed by atoms with Gasteiger partial charge in [0.05, 0.1) is 19.1 Å². The van der Waals surface area contributed by atoms with Gasteiger partial charge in [0.1, 0.15) is 18.3 Å². The van der Waals surface area contributed by atoms with Gasteiger partial charge in [-0.05, 0) is 49.1 Å². The maximum Gasteiger partial charge on any atom is 0.244 e. The first kappa shape index (κ1) is 27.5. The lowest BCUT2D eigenvalue weighted by Crippen LogP contribution is -2.53. The summed E-state index contributed by atoms with van der Waals surface area (Å²) in [5.74, 6) is -0.0514. The number of hydrogen-bond donors (Lipinski definition) is 1. The SMILES string of the molecule is CC[C@@H](C(=O)NC1CCCCC1)N(Cc1ccccc1)C(=O)CN(c1ccc(OC)cc1)S(C)(=O)=O. The molecule has 3 rings (SSSR count). The number of carbonyl (C=O) groups excluding carboxylic acids is 2. The number of hydrogen-bond acceptors (Lipinski definition) is 5. The molecule has 0 aromatic heterocycles. The molecule has 0 bridgehead atoms. The number of sulfonamides is 1. The van der Waals surface area contributed by atoms with Crippen molar-refractivity contribution in [3.05, 3.63) is 60.2 Å². The van der Waals surface area contributed by atoms with Crippen molar-refractivity contribution in [1.82, 2.24) is 10.2 Å². The first-order valence-electron chi connectivity index (χ1n) is 12.5. The van der Waals surface area contributed by atoms with Crippen LogP contribution in [0.4, 0.5) is 5.69 Å². The van der Waals surface area contributed by atoms with E-state index in [0.29, 0.717) is 17.9 Å². The van der Waals surface area contributed by atoms with Crippen molar-refractivity contribution in [3.63, 3.8) is 0 Å². The summed E-state index contributed by atoms with van der Waals surface area (Å²) in [6.07, 6.45) is 6.70. The quantitative estimate of drug-likeness (QED) is 0.492. The molecule has 1 fully saturated rings. The van der Waals surface area contributed by atoms with Crippen molar-refractivity contribution in [3.8, 4) is 5.75 Å². The molecule has 9 heteroatoms. The number of benzene rings is 2. The number of nitrogens with one attached hydrogen (secondary N) is 1. The Balaban J connectivity index is 1.88. The first-order chi connectivity index (χ1) is 17.2. The van der Waals surface area contributed by atoms with Gasteiger partial charge in [0, 0.05) is 12.6 Å². The highest BCUT2D eigenvalue weighted by Gasteiger charge is 2.32. The number of methoxy groups -OCH3 is 1. The number of ether oxygens (including phenoxy) is 1. The van der Waals surface area contributed by atoms with Gasteiger partial charge in [0.25, 0.3) is 0 Å². The summed E-state index contributed by atoms with van der Waals surface area (Å²) in [7, 11) is -2.24. The molecule has 8 nitrogen and oxygen atoms in total. The third kappa shape index (κ3) is 7.46. The molecule has 196 valence electrons. The minimum atomic E-state index is -3.77. The van der Waals surface area contributed by atoms with Gasteiger partial charge >= 0.3 is 0 Å². The Hall–Kier alpha value is -3.07. The molecule has 0 aliphatic heterocycles. The second kappa shape index (κ2) is 12.8. The summed E-state index contributed by atoms with van der Waals surface area (Å²) >= 11 is 0. The zero-order chi connectivity index (χ0) is 26.1. The molecule has 0 spiro atoms. The van der Waals surface area contributed by atoms with E-state index < -0.39 is 28.5 Å². The van der Waals surface area contributed by atoms with E-state index in [9.17, 15) is 18.0 Å². The van der Waals surface area contributed by atoms with Crippen LogP contribution in [0.1, 0.15) is 51.0 Å². The molecule has 1 aliphatic rings. The topological polar surface area (TPSA) is 96.0 Å². The monoisotopic (exact) mass is 515 g/mol. The molecule has 1 atom stereocenters. The zero-order valence-corrected chi connectivity index (χ0v) is 22.2. The minimum Gasteiger partial charge on any atom is -0.497 e. The van der Waals surface area contributed by atoms with E-state index in [1.807, 2.05) is 37.3 Å². The molecule has 0 saturated heterocycles. The molecule has 2 amide bonds. The molecule has 1 N–H and O–H groups in total. The normalized spacial score (nSPS) is 15.1. The molecular formula is C27H37N3O5S. The van der Waals surface area contributed by atoms with Crippen LogP contribution in [0.5, 0.6) is 5.75 Å². The number of nitrogens with zero attached hydrogens (tertiary/aromatic N) is 2. The predicted molar refractivity (Wildman–Crippen MR) is 141 cm³/mol. The Labute approximate surface area is 214 Å². The van der Waals surface area contributed by atoms with E-state index >= 15 is 0 Å². The lowest BCUT2D eigenvalue weighted by Gasteiger charge is -2.34. The van der Waals surface area contributed by atoms with Crippen molar-refractivity contribution in [2.24, 2.45) is 0 Å². The van der Waals surface area contributed by atoms with Crippen molar-refractivity contribution in [2.75, 3.05) is 24.2 Å². The van der Waals surface area contributed by atoms with Crippen LogP contribution in [-0.4, -0.2) is 57.1 Å². The maximum absolute atomic E-state index is 13.7. The molecule has 2 aromatic rings. The maximum atomic E-state index is 13.7. The van der Waals surface area contributed by atoms with E-state index in [-0.39, 0.29) is 18.5 Å². The average Bonchev–Trinajstić information content (AvgIpc) is 2.87. The van der Waals surface area contributed by atoms with E-state index in [0.717, 1.165) is 41.8 Å². The molecule has 36 heavy (non-hydrogen) atoms. The van der Waals surface area contributed by atoms with Crippen LogP contribution in [0.2, 0.25) is 0 Å². The summed E-state index contributed by atoms with van der Waals surface area (Å²) in [6.45, 7) is 1.66. The Morgan fingerprint density at radius 1 is 1.03 bits per heavy atom. The second-order valence-electron chi connectivity index (χ2n) is 9.24. The molecule has 1 saturated carbocycles. The van der Waals surface area contributed by atoms with Crippen molar-refractivity contribution < 1.29 is 22.7 Å². The van der Waals surface area contributed by atoms with Crippen LogP contribution in [0.15, 0.2) is 54.6 Å².